The quantitative estimate of drug-likeness (QED) is 0.693. The molecule has 0 bridgehead atoms. The molecule has 0 aromatic carbocycles. The van der Waals surface area contributed by atoms with Crippen LogP contribution in [0.2, 0.25) is 0 Å². The van der Waals surface area contributed by atoms with Crippen LogP contribution in [-0.2, 0) is 4.79 Å². The number of piperidine rings is 1. The molecular weight excluding hydrogens is 195 g/mol. The van der Waals surface area contributed by atoms with Gasteiger partial charge in [0.15, 0.2) is 0 Å². The number of likely N-dealkylation sites (tertiary alicyclic amines) is 1. The molecule has 5 heteroatoms. The topological polar surface area (TPSA) is 46.3 Å². The maximum absolute atomic E-state index is 13.5. The second kappa shape index (κ2) is 4.77. The minimum atomic E-state index is -1.23. The molecule has 0 radical (unpaired) electrons. The molecule has 78 valence electrons. The van der Waals surface area contributed by atoms with Gasteiger partial charge in [0, 0.05) is 39.4 Å². The molecule has 0 spiro atoms. The molecule has 0 aliphatic carbocycles. The Hall–Kier alpha value is -0.350. The first-order chi connectivity index (χ1) is 5.57. The van der Waals surface area contributed by atoms with Crippen molar-refractivity contribution in [1.82, 2.24) is 4.90 Å². The fraction of sp³-hybridized carbons (Fsp3) is 0.875. The number of halogens is 2. The van der Waals surface area contributed by atoms with E-state index in [0.29, 0.717) is 25.9 Å². The summed E-state index contributed by atoms with van der Waals surface area (Å²) in [5.74, 6) is 0.0223. The molecule has 0 unspecified atom stereocenters. The van der Waals surface area contributed by atoms with E-state index < -0.39 is 5.67 Å². The first-order valence-electron chi connectivity index (χ1n) is 4.22. The van der Waals surface area contributed by atoms with Crippen molar-refractivity contribution in [3.05, 3.63) is 0 Å². The molecule has 1 amide bonds. The van der Waals surface area contributed by atoms with Gasteiger partial charge >= 0.3 is 0 Å². The summed E-state index contributed by atoms with van der Waals surface area (Å²) in [7, 11) is 0. The molecule has 0 saturated carbocycles. The Bertz CT molecular complexity index is 181. The Morgan fingerprint density at radius 3 is 2.31 bits per heavy atom. The van der Waals surface area contributed by atoms with Crippen LogP contribution in [0.15, 0.2) is 0 Å². The molecular formula is C8H16ClFN2O. The Morgan fingerprint density at radius 1 is 1.54 bits per heavy atom. The summed E-state index contributed by atoms with van der Waals surface area (Å²) in [6.07, 6.45) is 0.756. The number of nitrogens with zero attached hydrogens (tertiary/aromatic N) is 1. The van der Waals surface area contributed by atoms with Crippen LogP contribution < -0.4 is 5.73 Å². The predicted octanol–water partition coefficient (Wildman–Crippen LogP) is 0.718. The second-order valence-electron chi connectivity index (χ2n) is 3.36. The van der Waals surface area contributed by atoms with Gasteiger partial charge in [-0.1, -0.05) is 0 Å². The van der Waals surface area contributed by atoms with Crippen LogP contribution in [0.1, 0.15) is 19.8 Å². The molecule has 1 fully saturated rings. The number of amides is 1. The minimum Gasteiger partial charge on any atom is -0.343 e. The molecule has 1 aliphatic rings. The SMILES string of the molecule is CC(=O)N1CCC(F)(CN)CC1.Cl. The molecule has 1 saturated heterocycles. The number of rotatable bonds is 1. The summed E-state index contributed by atoms with van der Waals surface area (Å²) in [6.45, 7) is 2.58. The van der Waals surface area contributed by atoms with E-state index in [1.807, 2.05) is 0 Å². The number of alkyl halides is 1. The number of carbonyl (C=O) groups excluding carboxylic acids is 1. The van der Waals surface area contributed by atoms with Crippen LogP contribution in [0.3, 0.4) is 0 Å². The smallest absolute Gasteiger partial charge is 0.219 e. The van der Waals surface area contributed by atoms with Gasteiger partial charge in [0.2, 0.25) is 5.91 Å². The van der Waals surface area contributed by atoms with Gasteiger partial charge in [0.25, 0.3) is 0 Å². The lowest BCUT2D eigenvalue weighted by molar-refractivity contribution is -0.131. The molecule has 1 rings (SSSR count). The van der Waals surface area contributed by atoms with Crippen LogP contribution in [0, 0.1) is 0 Å². The second-order valence-corrected chi connectivity index (χ2v) is 3.36. The Labute approximate surface area is 83.9 Å². The zero-order valence-corrected chi connectivity index (χ0v) is 8.57. The van der Waals surface area contributed by atoms with Gasteiger partial charge in [0.1, 0.15) is 5.67 Å². The van der Waals surface area contributed by atoms with Crippen molar-refractivity contribution in [2.24, 2.45) is 5.73 Å². The first kappa shape index (κ1) is 12.7. The van der Waals surface area contributed by atoms with Gasteiger partial charge in [-0.25, -0.2) is 4.39 Å². The molecule has 0 aromatic heterocycles. The standard InChI is InChI=1S/C8H15FN2O.ClH/c1-7(12)11-4-2-8(9,6-10)3-5-11;/h2-6,10H2,1H3;1H. The number of carbonyl (C=O) groups is 1. The van der Waals surface area contributed by atoms with E-state index in [1.165, 1.54) is 6.92 Å². The summed E-state index contributed by atoms with van der Waals surface area (Å²) in [6, 6.07) is 0. The third-order valence-corrected chi connectivity index (χ3v) is 2.47. The molecule has 13 heavy (non-hydrogen) atoms. The normalized spacial score (nSPS) is 20.7. The van der Waals surface area contributed by atoms with Gasteiger partial charge in [-0.3, -0.25) is 4.79 Å². The fourth-order valence-electron chi connectivity index (χ4n) is 1.43. The maximum atomic E-state index is 13.5. The summed E-state index contributed by atoms with van der Waals surface area (Å²) >= 11 is 0. The molecule has 0 aromatic rings. The highest BCUT2D eigenvalue weighted by atomic mass is 35.5. The van der Waals surface area contributed by atoms with Crippen LogP contribution in [0.4, 0.5) is 4.39 Å². The lowest BCUT2D eigenvalue weighted by Gasteiger charge is -2.35. The van der Waals surface area contributed by atoms with Crippen molar-refractivity contribution in [3.8, 4) is 0 Å². The predicted molar refractivity (Wildman–Crippen MR) is 51.6 cm³/mol. The average molecular weight is 211 g/mol. The Morgan fingerprint density at radius 2 is 2.00 bits per heavy atom. The van der Waals surface area contributed by atoms with Crippen molar-refractivity contribution in [1.29, 1.82) is 0 Å². The molecule has 0 atom stereocenters. The zero-order valence-electron chi connectivity index (χ0n) is 7.75. The van der Waals surface area contributed by atoms with Crippen LogP contribution in [-0.4, -0.2) is 36.1 Å². The zero-order chi connectivity index (χ0) is 9.19. The van der Waals surface area contributed by atoms with Gasteiger partial charge in [0.05, 0.1) is 0 Å². The van der Waals surface area contributed by atoms with E-state index in [1.54, 1.807) is 4.90 Å². The monoisotopic (exact) mass is 210 g/mol. The van der Waals surface area contributed by atoms with Gasteiger partial charge in [-0.05, 0) is 0 Å². The van der Waals surface area contributed by atoms with E-state index in [4.69, 9.17) is 5.73 Å². The molecule has 1 heterocycles. The average Bonchev–Trinajstić information content (AvgIpc) is 2.05. The summed E-state index contributed by atoms with van der Waals surface area (Å²) < 4.78 is 13.5. The van der Waals surface area contributed by atoms with Gasteiger partial charge < -0.3 is 10.6 Å². The van der Waals surface area contributed by atoms with E-state index in [9.17, 15) is 9.18 Å². The van der Waals surface area contributed by atoms with Crippen LogP contribution in [0.25, 0.3) is 0 Å². The van der Waals surface area contributed by atoms with E-state index >= 15 is 0 Å². The number of hydrogen-bond acceptors (Lipinski definition) is 2. The Kier molecular flexibility index (Phi) is 4.64. The lowest BCUT2D eigenvalue weighted by atomic mass is 9.93. The number of nitrogens with two attached hydrogens (primary N) is 1. The third kappa shape index (κ3) is 3.12. The summed E-state index contributed by atoms with van der Waals surface area (Å²) in [5, 5.41) is 0. The van der Waals surface area contributed by atoms with Crippen molar-refractivity contribution in [3.63, 3.8) is 0 Å². The van der Waals surface area contributed by atoms with Gasteiger partial charge in [-0.2, -0.15) is 0 Å². The fourth-order valence-corrected chi connectivity index (χ4v) is 1.43. The van der Waals surface area contributed by atoms with E-state index in [-0.39, 0.29) is 24.9 Å². The number of hydrogen-bond donors (Lipinski definition) is 1. The summed E-state index contributed by atoms with van der Waals surface area (Å²) in [4.78, 5) is 12.5. The molecule has 3 nitrogen and oxygen atoms in total. The highest BCUT2D eigenvalue weighted by Gasteiger charge is 2.33. The molecule has 1 aliphatic heterocycles. The summed E-state index contributed by atoms with van der Waals surface area (Å²) in [5.41, 5.74) is 4.05. The van der Waals surface area contributed by atoms with Crippen molar-refractivity contribution in [2.45, 2.75) is 25.4 Å². The highest BCUT2D eigenvalue weighted by Crippen LogP contribution is 2.24. The van der Waals surface area contributed by atoms with Crippen molar-refractivity contribution in [2.75, 3.05) is 19.6 Å². The van der Waals surface area contributed by atoms with Crippen LogP contribution >= 0.6 is 12.4 Å². The lowest BCUT2D eigenvalue weighted by Crippen LogP contribution is -2.47. The van der Waals surface area contributed by atoms with E-state index in [2.05, 4.69) is 0 Å². The Balaban J connectivity index is 0.00000144. The largest absolute Gasteiger partial charge is 0.343 e. The van der Waals surface area contributed by atoms with Crippen molar-refractivity contribution >= 4 is 18.3 Å². The molecule has 2 N–H and O–H groups in total. The first-order valence-corrected chi connectivity index (χ1v) is 4.22. The highest BCUT2D eigenvalue weighted by molar-refractivity contribution is 5.85. The van der Waals surface area contributed by atoms with Crippen LogP contribution in [0.5, 0.6) is 0 Å². The third-order valence-electron chi connectivity index (χ3n) is 2.47. The van der Waals surface area contributed by atoms with Gasteiger partial charge in [-0.15, -0.1) is 12.4 Å². The maximum Gasteiger partial charge on any atom is 0.219 e. The van der Waals surface area contributed by atoms with Crippen molar-refractivity contribution < 1.29 is 9.18 Å². The minimum absolute atomic E-state index is 0. The van der Waals surface area contributed by atoms with E-state index in [0.717, 1.165) is 0 Å².